The first kappa shape index (κ1) is 25.1. The molecule has 152 valence electrons. The lowest BCUT2D eigenvalue weighted by atomic mass is 9.74. The lowest BCUT2D eigenvalue weighted by molar-refractivity contribution is -0.110. The van der Waals surface area contributed by atoms with Gasteiger partial charge in [-0.3, -0.25) is 0 Å². The summed E-state index contributed by atoms with van der Waals surface area (Å²) in [6, 6.07) is 0. The molecule has 0 aliphatic carbocycles. The summed E-state index contributed by atoms with van der Waals surface area (Å²) in [5.41, 5.74) is -1.05. The number of rotatable bonds is 11. The van der Waals surface area contributed by atoms with Gasteiger partial charge in [0, 0.05) is 31.0 Å². The first-order chi connectivity index (χ1) is 11.3. The highest BCUT2D eigenvalue weighted by molar-refractivity contribution is 6.74. The third kappa shape index (κ3) is 6.62. The van der Waals surface area contributed by atoms with Crippen LogP contribution in [0.3, 0.4) is 0 Å². The molecular weight excluding hydrogens is 332 g/mol. The summed E-state index contributed by atoms with van der Waals surface area (Å²) in [4.78, 5) is 0. The van der Waals surface area contributed by atoms with Crippen LogP contribution in [-0.4, -0.2) is 48.6 Å². The molecule has 3 N–H and O–H groups in total. The number of aliphatic hydroxyl groups excluding tert-OH is 2. The molecule has 0 aliphatic heterocycles. The molecule has 0 heterocycles. The molecule has 5 atom stereocenters. The molecule has 0 rings (SSSR count). The zero-order chi connectivity index (χ0) is 20.1. The van der Waals surface area contributed by atoms with Crippen LogP contribution in [-0.2, 0) is 4.43 Å². The summed E-state index contributed by atoms with van der Waals surface area (Å²) in [6.45, 7) is 18.8. The van der Waals surface area contributed by atoms with Gasteiger partial charge < -0.3 is 19.7 Å². The molecule has 0 aromatic rings. The molecule has 5 heteroatoms. The topological polar surface area (TPSA) is 69.9 Å². The van der Waals surface area contributed by atoms with E-state index in [1.54, 1.807) is 6.92 Å². The highest BCUT2D eigenvalue weighted by atomic mass is 28.4. The van der Waals surface area contributed by atoms with Gasteiger partial charge in [0.1, 0.15) is 0 Å². The molecule has 0 aliphatic rings. The van der Waals surface area contributed by atoms with Crippen LogP contribution in [0.5, 0.6) is 0 Å². The largest absolute Gasteiger partial charge is 0.413 e. The maximum absolute atomic E-state index is 11.1. The molecule has 0 aromatic heterocycles. The van der Waals surface area contributed by atoms with Gasteiger partial charge in [-0.05, 0) is 31.5 Å². The summed E-state index contributed by atoms with van der Waals surface area (Å²) in [5.74, 6) is -0.433. The Balaban J connectivity index is 5.74. The van der Waals surface area contributed by atoms with Crippen molar-refractivity contribution < 1.29 is 19.7 Å². The summed E-state index contributed by atoms with van der Waals surface area (Å²) in [7, 11) is -2.06. The molecule has 0 unspecified atom stereocenters. The van der Waals surface area contributed by atoms with Crippen molar-refractivity contribution in [3.05, 3.63) is 0 Å². The van der Waals surface area contributed by atoms with Gasteiger partial charge in [0.2, 0.25) is 0 Å². The van der Waals surface area contributed by atoms with Crippen LogP contribution in [0.2, 0.25) is 18.1 Å². The lowest BCUT2D eigenvalue weighted by Crippen LogP contribution is -2.54. The number of unbranched alkanes of at least 4 members (excludes halogenated alkanes) is 1. The Hall–Kier alpha value is 0.0569. The molecule has 0 fully saturated rings. The van der Waals surface area contributed by atoms with Gasteiger partial charge in [-0.25, -0.2) is 0 Å². The van der Waals surface area contributed by atoms with E-state index in [1.165, 1.54) is 0 Å². The van der Waals surface area contributed by atoms with Crippen LogP contribution < -0.4 is 0 Å². The van der Waals surface area contributed by atoms with Gasteiger partial charge in [0.25, 0.3) is 0 Å². The quantitative estimate of drug-likeness (QED) is 0.473. The van der Waals surface area contributed by atoms with E-state index < -0.39 is 13.9 Å². The van der Waals surface area contributed by atoms with Crippen LogP contribution >= 0.6 is 0 Å². The van der Waals surface area contributed by atoms with Crippen LogP contribution in [0.25, 0.3) is 0 Å². The molecule has 0 aromatic carbocycles. The maximum Gasteiger partial charge on any atom is 0.192 e. The van der Waals surface area contributed by atoms with Crippen molar-refractivity contribution in [2.24, 2.45) is 17.8 Å². The first-order valence-electron chi connectivity index (χ1n) is 9.88. The average Bonchev–Trinajstić information content (AvgIpc) is 2.51. The number of hydrogen-bond donors (Lipinski definition) is 3. The van der Waals surface area contributed by atoms with Gasteiger partial charge in [0.05, 0.1) is 11.7 Å². The van der Waals surface area contributed by atoms with Crippen molar-refractivity contribution >= 4 is 8.32 Å². The normalized spacial score (nSPS) is 20.6. The Morgan fingerprint density at radius 3 is 1.88 bits per heavy atom. The van der Waals surface area contributed by atoms with E-state index in [0.717, 1.165) is 19.3 Å². The van der Waals surface area contributed by atoms with Gasteiger partial charge in [-0.15, -0.1) is 0 Å². The minimum atomic E-state index is -2.06. The summed E-state index contributed by atoms with van der Waals surface area (Å²) < 4.78 is 6.73. The number of hydrogen-bond acceptors (Lipinski definition) is 4. The van der Waals surface area contributed by atoms with Crippen molar-refractivity contribution in [2.75, 3.05) is 13.2 Å². The molecular formula is C20H44O4Si. The van der Waals surface area contributed by atoms with Crippen molar-refractivity contribution in [3.63, 3.8) is 0 Å². The van der Waals surface area contributed by atoms with Gasteiger partial charge in [-0.2, -0.15) is 0 Å². The lowest BCUT2D eigenvalue weighted by Gasteiger charge is -2.47. The van der Waals surface area contributed by atoms with Crippen molar-refractivity contribution in [1.82, 2.24) is 0 Å². The van der Waals surface area contributed by atoms with Gasteiger partial charge in [-0.1, -0.05) is 54.4 Å². The summed E-state index contributed by atoms with van der Waals surface area (Å²) >= 11 is 0. The molecule has 0 bridgehead atoms. The van der Waals surface area contributed by atoms with E-state index >= 15 is 0 Å². The molecule has 0 radical (unpaired) electrons. The second-order valence-electron chi connectivity index (χ2n) is 9.53. The molecule has 25 heavy (non-hydrogen) atoms. The molecule has 0 saturated carbocycles. The van der Waals surface area contributed by atoms with E-state index in [2.05, 4.69) is 40.8 Å². The molecule has 0 spiro atoms. The highest BCUT2D eigenvalue weighted by Gasteiger charge is 2.46. The Morgan fingerprint density at radius 2 is 1.52 bits per heavy atom. The van der Waals surface area contributed by atoms with E-state index in [1.807, 2.05) is 13.8 Å². The van der Waals surface area contributed by atoms with Crippen molar-refractivity contribution in [2.45, 2.75) is 97.6 Å². The van der Waals surface area contributed by atoms with Crippen molar-refractivity contribution in [1.29, 1.82) is 0 Å². The van der Waals surface area contributed by atoms with E-state index in [9.17, 15) is 15.3 Å². The second kappa shape index (κ2) is 9.84. The van der Waals surface area contributed by atoms with E-state index in [0.29, 0.717) is 0 Å². The molecule has 0 saturated heterocycles. The molecule has 4 nitrogen and oxygen atoms in total. The van der Waals surface area contributed by atoms with E-state index in [4.69, 9.17) is 4.43 Å². The van der Waals surface area contributed by atoms with Crippen LogP contribution in [0, 0.1) is 17.8 Å². The van der Waals surface area contributed by atoms with Crippen LogP contribution in [0.4, 0.5) is 0 Å². The second-order valence-corrected chi connectivity index (χ2v) is 14.3. The fourth-order valence-corrected chi connectivity index (χ4v) is 4.35. The molecule has 0 amide bonds. The Labute approximate surface area is 157 Å². The Bertz CT molecular complexity index is 376. The predicted octanol–water partition coefficient (Wildman–Crippen LogP) is 4.19. The van der Waals surface area contributed by atoms with Crippen LogP contribution in [0.15, 0.2) is 0 Å². The Morgan fingerprint density at radius 1 is 1.00 bits per heavy atom. The first-order valence-corrected chi connectivity index (χ1v) is 12.8. The van der Waals surface area contributed by atoms with Crippen molar-refractivity contribution in [3.8, 4) is 0 Å². The van der Waals surface area contributed by atoms with Gasteiger partial charge in [0.15, 0.2) is 8.32 Å². The number of aliphatic hydroxyl groups is 3. The fourth-order valence-electron chi connectivity index (χ4n) is 2.92. The minimum Gasteiger partial charge on any atom is -0.413 e. The zero-order valence-electron chi connectivity index (χ0n) is 18.1. The summed E-state index contributed by atoms with van der Waals surface area (Å²) in [5, 5.41) is 30.7. The highest BCUT2D eigenvalue weighted by Crippen LogP contribution is 2.42. The third-order valence-corrected chi connectivity index (χ3v) is 11.0. The standard InChI is InChI=1S/C20H44O4Si/c1-10-11-12-17(14-22)18(24-25(8,9)19(4,5)6)16(3)20(7,23)15(2)13-21/h15-18,21-23H,10-14H2,1-9H3/t15-,16+,17-,18+,20-/m0/s1. The predicted molar refractivity (Wildman–Crippen MR) is 108 cm³/mol. The Kier molecular flexibility index (Phi) is 9.86. The average molecular weight is 377 g/mol. The third-order valence-electron chi connectivity index (χ3n) is 6.55. The minimum absolute atomic E-state index is 0.00134. The summed E-state index contributed by atoms with van der Waals surface area (Å²) in [6.07, 6.45) is 2.77. The fraction of sp³-hybridized carbons (Fsp3) is 1.00. The SMILES string of the molecule is CCCC[C@@H](CO)[C@H](O[Si](C)(C)C(C)(C)C)[C@@H](C)[C@@](C)(O)[C@@H](C)CO. The van der Waals surface area contributed by atoms with E-state index in [-0.39, 0.29) is 42.1 Å². The van der Waals surface area contributed by atoms with Gasteiger partial charge >= 0.3 is 0 Å². The maximum atomic E-state index is 11.1. The zero-order valence-corrected chi connectivity index (χ0v) is 19.1. The smallest absolute Gasteiger partial charge is 0.192 e. The van der Waals surface area contributed by atoms with Crippen LogP contribution in [0.1, 0.15) is 67.7 Å². The monoisotopic (exact) mass is 376 g/mol.